The Bertz CT molecular complexity index is 966. The van der Waals surface area contributed by atoms with Crippen LogP contribution in [0.3, 0.4) is 0 Å². The smallest absolute Gasteiger partial charge is 0.362 e. The van der Waals surface area contributed by atoms with Crippen molar-refractivity contribution >= 4 is 25.9 Å². The molecule has 0 saturated heterocycles. The van der Waals surface area contributed by atoms with E-state index in [1.165, 1.54) is 41.4 Å². The molecular weight excluding hydrogens is 370 g/mol. The molecule has 0 amide bonds. The first kappa shape index (κ1) is 18.8. The summed E-state index contributed by atoms with van der Waals surface area (Å²) in [7, 11) is -5.05. The highest BCUT2D eigenvalue weighted by Gasteiger charge is 2.18. The predicted molar refractivity (Wildman–Crippen MR) is 88.7 cm³/mol. The van der Waals surface area contributed by atoms with E-state index in [-0.39, 0.29) is 15.5 Å². The van der Waals surface area contributed by atoms with E-state index in [1.54, 1.807) is 14.1 Å². The van der Waals surface area contributed by atoms with Crippen LogP contribution in [-0.4, -0.2) is 40.5 Å². The van der Waals surface area contributed by atoms with Crippen molar-refractivity contribution in [3.05, 3.63) is 48.5 Å². The molecule has 1 N–H and O–H groups in total. The molecule has 0 unspecified atom stereocenters. The SMILES string of the molecule is CN(C)N=Nc1ccc(S(=O)(=O)c2ccc(OS(=O)(=O)O)cc2)cc1. The average Bonchev–Trinajstić information content (AvgIpc) is 2.52. The summed E-state index contributed by atoms with van der Waals surface area (Å²) in [6.45, 7) is 0. The maximum Gasteiger partial charge on any atom is 0.446 e. The molecule has 0 bridgehead atoms. The van der Waals surface area contributed by atoms with Crippen molar-refractivity contribution in [3.8, 4) is 5.75 Å². The van der Waals surface area contributed by atoms with Crippen molar-refractivity contribution in [1.82, 2.24) is 5.01 Å². The van der Waals surface area contributed by atoms with Gasteiger partial charge in [-0.25, -0.2) is 8.42 Å². The fraction of sp³-hybridized carbons (Fsp3) is 0.143. The monoisotopic (exact) mass is 385 g/mol. The third-order valence-electron chi connectivity index (χ3n) is 2.82. The van der Waals surface area contributed by atoms with Gasteiger partial charge in [-0.05, 0) is 48.5 Å². The van der Waals surface area contributed by atoms with Crippen LogP contribution < -0.4 is 4.18 Å². The van der Waals surface area contributed by atoms with Gasteiger partial charge in [0.1, 0.15) is 5.75 Å². The summed E-state index contributed by atoms with van der Waals surface area (Å²) >= 11 is 0. The second-order valence-corrected chi connectivity index (χ2v) is 7.99. The lowest BCUT2D eigenvalue weighted by Gasteiger charge is -2.06. The number of nitrogens with zero attached hydrogens (tertiary/aromatic N) is 3. The fourth-order valence-electron chi connectivity index (χ4n) is 1.77. The van der Waals surface area contributed by atoms with Crippen LogP contribution in [0.2, 0.25) is 0 Å². The zero-order chi connectivity index (χ0) is 18.7. The van der Waals surface area contributed by atoms with Crippen LogP contribution in [0.1, 0.15) is 0 Å². The number of rotatable bonds is 6. The highest BCUT2D eigenvalue weighted by atomic mass is 32.3. The van der Waals surface area contributed by atoms with Crippen LogP contribution in [0.15, 0.2) is 68.7 Å². The molecule has 0 radical (unpaired) electrons. The van der Waals surface area contributed by atoms with Crippen molar-refractivity contribution in [2.45, 2.75) is 9.79 Å². The Balaban J connectivity index is 2.26. The molecule has 0 spiro atoms. The maximum atomic E-state index is 12.5. The van der Waals surface area contributed by atoms with E-state index < -0.39 is 20.2 Å². The van der Waals surface area contributed by atoms with Gasteiger partial charge in [-0.15, -0.1) is 5.11 Å². The predicted octanol–water partition coefficient (Wildman–Crippen LogP) is 2.26. The molecule has 0 atom stereocenters. The van der Waals surface area contributed by atoms with Crippen molar-refractivity contribution in [1.29, 1.82) is 0 Å². The maximum absolute atomic E-state index is 12.5. The van der Waals surface area contributed by atoms with E-state index in [2.05, 4.69) is 14.5 Å². The van der Waals surface area contributed by atoms with Crippen molar-refractivity contribution < 1.29 is 25.6 Å². The van der Waals surface area contributed by atoms with Gasteiger partial charge in [0.15, 0.2) is 0 Å². The summed E-state index contributed by atoms with van der Waals surface area (Å²) in [5.74, 6) is -0.208. The first-order valence-electron chi connectivity index (χ1n) is 6.79. The van der Waals surface area contributed by atoms with Gasteiger partial charge in [0.05, 0.1) is 15.5 Å². The van der Waals surface area contributed by atoms with Gasteiger partial charge in [-0.3, -0.25) is 9.56 Å². The van der Waals surface area contributed by atoms with Crippen LogP contribution in [-0.2, 0) is 20.2 Å². The lowest BCUT2D eigenvalue weighted by Crippen LogP contribution is -2.07. The third-order valence-corrected chi connectivity index (χ3v) is 5.01. The minimum Gasteiger partial charge on any atom is -0.362 e. The molecule has 0 aromatic heterocycles. The second kappa shape index (κ2) is 7.17. The summed E-state index contributed by atoms with van der Waals surface area (Å²) in [6.07, 6.45) is 0. The quantitative estimate of drug-likeness (QED) is 0.459. The highest BCUT2D eigenvalue weighted by Crippen LogP contribution is 2.25. The standard InChI is InChI=1S/C14H15N3O6S2/c1-17(2)16-15-11-3-7-13(8-4-11)24(18,19)14-9-5-12(6-10-14)23-25(20,21)22/h3-10H,1-2H3,(H,20,21,22). The molecule has 2 rings (SSSR count). The van der Waals surface area contributed by atoms with Gasteiger partial charge in [0.25, 0.3) is 0 Å². The van der Waals surface area contributed by atoms with Gasteiger partial charge < -0.3 is 4.18 Å². The number of benzene rings is 2. The number of hydrogen-bond donors (Lipinski definition) is 1. The first-order valence-corrected chi connectivity index (χ1v) is 9.64. The van der Waals surface area contributed by atoms with Crippen LogP contribution in [0, 0.1) is 0 Å². The third kappa shape index (κ3) is 5.24. The molecule has 0 saturated carbocycles. The Morgan fingerprint density at radius 1 is 0.880 bits per heavy atom. The lowest BCUT2D eigenvalue weighted by molar-refractivity contribution is 0.386. The fourth-order valence-corrected chi connectivity index (χ4v) is 3.38. The van der Waals surface area contributed by atoms with Crippen LogP contribution in [0.5, 0.6) is 5.75 Å². The van der Waals surface area contributed by atoms with Gasteiger partial charge in [0.2, 0.25) is 9.84 Å². The minimum atomic E-state index is -4.67. The largest absolute Gasteiger partial charge is 0.446 e. The summed E-state index contributed by atoms with van der Waals surface area (Å²) in [6, 6.07) is 10.4. The summed E-state index contributed by atoms with van der Waals surface area (Å²) in [5, 5.41) is 9.22. The van der Waals surface area contributed by atoms with E-state index in [1.807, 2.05) is 0 Å². The van der Waals surface area contributed by atoms with Crippen molar-refractivity contribution in [2.75, 3.05) is 14.1 Å². The molecule has 134 valence electrons. The Morgan fingerprint density at radius 3 is 1.80 bits per heavy atom. The molecule has 25 heavy (non-hydrogen) atoms. The molecule has 0 aliphatic carbocycles. The number of hydrogen-bond acceptors (Lipinski definition) is 7. The Kier molecular flexibility index (Phi) is 5.40. The molecule has 2 aromatic carbocycles. The second-order valence-electron chi connectivity index (χ2n) is 5.02. The van der Waals surface area contributed by atoms with E-state index in [0.29, 0.717) is 5.69 Å². The molecule has 0 heterocycles. The molecule has 2 aromatic rings. The van der Waals surface area contributed by atoms with Gasteiger partial charge in [-0.2, -0.15) is 8.42 Å². The van der Waals surface area contributed by atoms with Crippen LogP contribution in [0.25, 0.3) is 0 Å². The first-order chi connectivity index (χ1) is 11.6. The zero-order valence-corrected chi connectivity index (χ0v) is 14.9. The van der Waals surface area contributed by atoms with Gasteiger partial charge in [-0.1, -0.05) is 5.22 Å². The van der Waals surface area contributed by atoms with Gasteiger partial charge >= 0.3 is 10.4 Å². The van der Waals surface area contributed by atoms with E-state index >= 15 is 0 Å². The van der Waals surface area contributed by atoms with Crippen LogP contribution in [0.4, 0.5) is 5.69 Å². The van der Waals surface area contributed by atoms with Crippen molar-refractivity contribution in [2.24, 2.45) is 10.3 Å². The number of sulfone groups is 1. The molecule has 0 fully saturated rings. The van der Waals surface area contributed by atoms with Crippen molar-refractivity contribution in [3.63, 3.8) is 0 Å². The molecule has 11 heteroatoms. The molecule has 0 aliphatic heterocycles. The molecule has 0 aliphatic rings. The van der Waals surface area contributed by atoms with E-state index in [4.69, 9.17) is 4.55 Å². The zero-order valence-electron chi connectivity index (χ0n) is 13.3. The Labute approximate surface area is 145 Å². The average molecular weight is 385 g/mol. The van der Waals surface area contributed by atoms with E-state index in [9.17, 15) is 16.8 Å². The van der Waals surface area contributed by atoms with Crippen LogP contribution >= 0.6 is 0 Å². The Hall–Kier alpha value is -2.50. The highest BCUT2D eigenvalue weighted by molar-refractivity contribution is 7.91. The normalized spacial score (nSPS) is 12.3. The minimum absolute atomic E-state index is 0.0414. The molecular formula is C14H15N3O6S2. The Morgan fingerprint density at radius 2 is 1.36 bits per heavy atom. The summed E-state index contributed by atoms with van der Waals surface area (Å²) in [5.41, 5.74) is 0.490. The molecule has 9 nitrogen and oxygen atoms in total. The topological polar surface area (TPSA) is 126 Å². The summed E-state index contributed by atoms with van der Waals surface area (Å²) < 4.78 is 59.2. The van der Waals surface area contributed by atoms with Gasteiger partial charge in [0, 0.05) is 14.1 Å². The lowest BCUT2D eigenvalue weighted by atomic mass is 10.3. The summed E-state index contributed by atoms with van der Waals surface area (Å²) in [4.78, 5) is -0.0161. The van der Waals surface area contributed by atoms with E-state index in [0.717, 1.165) is 12.1 Å².